The van der Waals surface area contributed by atoms with Crippen LogP contribution in [0.3, 0.4) is 0 Å². The number of aromatic hydroxyl groups is 1. The van der Waals surface area contributed by atoms with Crippen LogP contribution >= 0.6 is 0 Å². The van der Waals surface area contributed by atoms with E-state index < -0.39 is 0 Å². The Hall–Kier alpha value is -1.02. The van der Waals surface area contributed by atoms with E-state index in [0.717, 1.165) is 23.6 Å². The highest BCUT2D eigenvalue weighted by atomic mass is 16.3. The van der Waals surface area contributed by atoms with Crippen LogP contribution in [0.15, 0.2) is 12.1 Å². The molecular formula is C18H29NO. The van der Waals surface area contributed by atoms with Crippen LogP contribution in [-0.4, -0.2) is 23.1 Å². The topological polar surface area (TPSA) is 23.5 Å². The average molecular weight is 275 g/mol. The predicted octanol–water partition coefficient (Wildman–Crippen LogP) is 4.41. The van der Waals surface area contributed by atoms with Gasteiger partial charge in [0.2, 0.25) is 0 Å². The summed E-state index contributed by atoms with van der Waals surface area (Å²) in [4.78, 5) is 2.58. The van der Waals surface area contributed by atoms with E-state index in [1.807, 2.05) is 13.8 Å². The van der Waals surface area contributed by atoms with E-state index in [1.54, 1.807) is 0 Å². The van der Waals surface area contributed by atoms with Crippen molar-refractivity contribution in [2.45, 2.75) is 59.4 Å². The fourth-order valence-corrected chi connectivity index (χ4v) is 3.47. The maximum atomic E-state index is 9.86. The molecule has 1 aromatic carbocycles. The summed E-state index contributed by atoms with van der Waals surface area (Å²) in [6.07, 6.45) is 6.80. The molecule has 0 bridgehead atoms. The van der Waals surface area contributed by atoms with Gasteiger partial charge in [0.1, 0.15) is 5.75 Å². The summed E-state index contributed by atoms with van der Waals surface area (Å²) >= 11 is 0. The standard InChI is InChI=1S/C18H29NO/c1-4-6-16-7-5-9-19(10-8-16)13-17-11-14(2)18(20)15(3)12-17/h11-12,16,20H,4-10,13H2,1-3H3. The highest BCUT2D eigenvalue weighted by Crippen LogP contribution is 2.26. The van der Waals surface area contributed by atoms with E-state index >= 15 is 0 Å². The third-order valence-corrected chi connectivity index (χ3v) is 4.59. The molecule has 0 radical (unpaired) electrons. The summed E-state index contributed by atoms with van der Waals surface area (Å²) in [5, 5.41) is 9.86. The van der Waals surface area contributed by atoms with Crippen molar-refractivity contribution in [3.63, 3.8) is 0 Å². The van der Waals surface area contributed by atoms with Crippen molar-refractivity contribution in [2.75, 3.05) is 13.1 Å². The molecule has 2 heteroatoms. The first-order valence-corrected chi connectivity index (χ1v) is 8.11. The van der Waals surface area contributed by atoms with E-state index in [4.69, 9.17) is 0 Å². The number of likely N-dealkylation sites (tertiary alicyclic amines) is 1. The first kappa shape index (κ1) is 15.4. The van der Waals surface area contributed by atoms with Crippen LogP contribution in [-0.2, 0) is 6.54 Å². The molecule has 0 aliphatic carbocycles. The van der Waals surface area contributed by atoms with Crippen molar-refractivity contribution in [3.05, 3.63) is 28.8 Å². The van der Waals surface area contributed by atoms with Gasteiger partial charge in [-0.1, -0.05) is 31.9 Å². The van der Waals surface area contributed by atoms with Gasteiger partial charge in [-0.05, 0) is 68.8 Å². The molecule has 1 atom stereocenters. The summed E-state index contributed by atoms with van der Waals surface area (Å²) in [5.41, 5.74) is 3.34. The van der Waals surface area contributed by atoms with Gasteiger partial charge in [0.25, 0.3) is 0 Å². The first-order valence-electron chi connectivity index (χ1n) is 8.11. The normalized spacial score (nSPS) is 20.9. The van der Waals surface area contributed by atoms with E-state index in [9.17, 15) is 5.11 Å². The Bertz CT molecular complexity index is 418. The Morgan fingerprint density at radius 2 is 1.85 bits per heavy atom. The molecule has 1 aliphatic rings. The number of hydrogen-bond acceptors (Lipinski definition) is 2. The van der Waals surface area contributed by atoms with Crippen LogP contribution in [0.4, 0.5) is 0 Å². The van der Waals surface area contributed by atoms with Gasteiger partial charge in [-0.15, -0.1) is 0 Å². The van der Waals surface area contributed by atoms with E-state index in [2.05, 4.69) is 24.0 Å². The molecule has 1 fully saturated rings. The maximum Gasteiger partial charge on any atom is 0.121 e. The summed E-state index contributed by atoms with van der Waals surface area (Å²) < 4.78 is 0. The van der Waals surface area contributed by atoms with Crippen molar-refractivity contribution in [2.24, 2.45) is 5.92 Å². The van der Waals surface area contributed by atoms with Gasteiger partial charge in [-0.2, -0.15) is 0 Å². The zero-order valence-corrected chi connectivity index (χ0v) is 13.3. The fraction of sp³-hybridized carbons (Fsp3) is 0.667. The second-order valence-corrected chi connectivity index (χ2v) is 6.44. The van der Waals surface area contributed by atoms with Crippen molar-refractivity contribution in [1.82, 2.24) is 4.90 Å². The fourth-order valence-electron chi connectivity index (χ4n) is 3.47. The second-order valence-electron chi connectivity index (χ2n) is 6.44. The first-order chi connectivity index (χ1) is 9.60. The Morgan fingerprint density at radius 1 is 1.15 bits per heavy atom. The minimum absolute atomic E-state index is 0.452. The largest absolute Gasteiger partial charge is 0.507 e. The van der Waals surface area contributed by atoms with Crippen LogP contribution in [0.25, 0.3) is 0 Å². The number of hydrogen-bond donors (Lipinski definition) is 1. The SMILES string of the molecule is CCCC1CCCN(Cc2cc(C)c(O)c(C)c2)CC1. The van der Waals surface area contributed by atoms with Gasteiger partial charge < -0.3 is 5.11 Å². The number of phenolic OH excluding ortho intramolecular Hbond substituents is 1. The number of aryl methyl sites for hydroxylation is 2. The molecule has 1 aliphatic heterocycles. The summed E-state index contributed by atoms with van der Waals surface area (Å²) in [6, 6.07) is 4.27. The number of nitrogens with zero attached hydrogens (tertiary/aromatic N) is 1. The number of benzene rings is 1. The molecule has 1 aromatic rings. The molecule has 1 N–H and O–H groups in total. The lowest BCUT2D eigenvalue weighted by molar-refractivity contribution is 0.271. The molecule has 1 unspecified atom stereocenters. The monoisotopic (exact) mass is 275 g/mol. The molecule has 1 saturated heterocycles. The quantitative estimate of drug-likeness (QED) is 0.879. The van der Waals surface area contributed by atoms with Gasteiger partial charge in [-0.3, -0.25) is 4.90 Å². The lowest BCUT2D eigenvalue weighted by Gasteiger charge is -2.21. The van der Waals surface area contributed by atoms with Gasteiger partial charge in [0, 0.05) is 6.54 Å². The predicted molar refractivity (Wildman–Crippen MR) is 85.1 cm³/mol. The van der Waals surface area contributed by atoms with Crippen molar-refractivity contribution in [1.29, 1.82) is 0 Å². The van der Waals surface area contributed by atoms with E-state index in [0.29, 0.717) is 5.75 Å². The Balaban J connectivity index is 1.96. The van der Waals surface area contributed by atoms with Crippen molar-refractivity contribution in [3.8, 4) is 5.75 Å². The minimum atomic E-state index is 0.452. The third kappa shape index (κ3) is 3.99. The highest BCUT2D eigenvalue weighted by molar-refractivity contribution is 5.42. The van der Waals surface area contributed by atoms with Crippen LogP contribution in [0.1, 0.15) is 55.7 Å². The molecule has 112 valence electrons. The molecule has 20 heavy (non-hydrogen) atoms. The lowest BCUT2D eigenvalue weighted by atomic mass is 9.96. The maximum absolute atomic E-state index is 9.86. The molecule has 2 nitrogen and oxygen atoms in total. The molecule has 1 heterocycles. The Labute approximate surface area is 123 Å². The Morgan fingerprint density at radius 3 is 2.50 bits per heavy atom. The van der Waals surface area contributed by atoms with Crippen molar-refractivity contribution >= 4 is 0 Å². The summed E-state index contributed by atoms with van der Waals surface area (Å²) in [5.74, 6) is 1.39. The van der Waals surface area contributed by atoms with E-state index in [1.165, 1.54) is 50.8 Å². The number of rotatable bonds is 4. The van der Waals surface area contributed by atoms with Crippen LogP contribution in [0.2, 0.25) is 0 Å². The zero-order chi connectivity index (χ0) is 14.5. The number of phenols is 1. The van der Waals surface area contributed by atoms with Crippen LogP contribution in [0.5, 0.6) is 5.75 Å². The lowest BCUT2D eigenvalue weighted by Crippen LogP contribution is -2.24. The molecule has 0 spiro atoms. The van der Waals surface area contributed by atoms with Gasteiger partial charge in [0.15, 0.2) is 0 Å². The smallest absolute Gasteiger partial charge is 0.121 e. The summed E-state index contributed by atoms with van der Waals surface area (Å²) in [6.45, 7) is 9.76. The van der Waals surface area contributed by atoms with Gasteiger partial charge >= 0.3 is 0 Å². The molecule has 0 aromatic heterocycles. The Kier molecular flexibility index (Phi) is 5.47. The van der Waals surface area contributed by atoms with Gasteiger partial charge in [0.05, 0.1) is 0 Å². The second kappa shape index (κ2) is 7.12. The van der Waals surface area contributed by atoms with Crippen molar-refractivity contribution < 1.29 is 5.11 Å². The summed E-state index contributed by atoms with van der Waals surface area (Å²) in [7, 11) is 0. The van der Waals surface area contributed by atoms with Crippen LogP contribution in [0, 0.1) is 19.8 Å². The minimum Gasteiger partial charge on any atom is -0.507 e. The molecule has 0 amide bonds. The zero-order valence-electron chi connectivity index (χ0n) is 13.3. The van der Waals surface area contributed by atoms with Crippen LogP contribution < -0.4 is 0 Å². The molecule has 2 rings (SSSR count). The third-order valence-electron chi connectivity index (χ3n) is 4.59. The molecular weight excluding hydrogens is 246 g/mol. The molecule has 0 saturated carbocycles. The van der Waals surface area contributed by atoms with Gasteiger partial charge in [-0.25, -0.2) is 0 Å². The van der Waals surface area contributed by atoms with E-state index in [-0.39, 0.29) is 0 Å². The average Bonchev–Trinajstić information content (AvgIpc) is 2.62. The highest BCUT2D eigenvalue weighted by Gasteiger charge is 2.17.